The van der Waals surface area contributed by atoms with Gasteiger partial charge in [0, 0.05) is 47.9 Å². The monoisotopic (exact) mass is 586 g/mol. The number of benzene rings is 2. The second kappa shape index (κ2) is 17.1. The smallest absolute Gasteiger partial charge is 0.253 e. The summed E-state index contributed by atoms with van der Waals surface area (Å²) in [5, 5.41) is 15.9. The van der Waals surface area contributed by atoms with E-state index in [-0.39, 0.29) is 17.7 Å². The topological polar surface area (TPSA) is 129 Å². The highest BCUT2D eigenvalue weighted by molar-refractivity contribution is 5.99. The van der Waals surface area contributed by atoms with E-state index in [1.807, 2.05) is 60.0 Å². The fraction of sp³-hybridized carbons (Fsp3) is 0.515. The van der Waals surface area contributed by atoms with Gasteiger partial charge in [-0.2, -0.15) is 0 Å². The molecule has 3 rings (SSSR count). The van der Waals surface area contributed by atoms with Gasteiger partial charge in [0.1, 0.15) is 0 Å². The van der Waals surface area contributed by atoms with Crippen LogP contribution in [0, 0.1) is 11.8 Å². The number of amides is 2. The normalized spacial score (nSPS) is 13.2. The summed E-state index contributed by atoms with van der Waals surface area (Å²) >= 11 is 0. The van der Waals surface area contributed by atoms with Crippen LogP contribution in [0.5, 0.6) is 0 Å². The minimum Gasteiger partial charge on any atom is -0.349 e. The van der Waals surface area contributed by atoms with Crippen molar-refractivity contribution >= 4 is 11.8 Å². The molecular weight excluding hydrogens is 540 g/mol. The van der Waals surface area contributed by atoms with Gasteiger partial charge in [0.15, 0.2) is 0 Å². The first-order chi connectivity index (χ1) is 20.7. The summed E-state index contributed by atoms with van der Waals surface area (Å²) in [6.07, 6.45) is 5.60. The summed E-state index contributed by atoms with van der Waals surface area (Å²) < 4.78 is 1.84. The zero-order valence-electron chi connectivity index (χ0n) is 26.2. The van der Waals surface area contributed by atoms with Crippen LogP contribution in [0.2, 0.25) is 0 Å². The first kappa shape index (κ1) is 33.3. The van der Waals surface area contributed by atoms with Crippen LogP contribution in [0.25, 0.3) is 10.4 Å². The molecule has 0 saturated carbocycles. The van der Waals surface area contributed by atoms with Gasteiger partial charge in [0.25, 0.3) is 11.8 Å². The van der Waals surface area contributed by atoms with Gasteiger partial charge in [-0.25, -0.2) is 0 Å². The number of hydrogen-bond acceptors (Lipinski definition) is 5. The summed E-state index contributed by atoms with van der Waals surface area (Å²) in [7, 11) is 0. The lowest BCUT2D eigenvalue weighted by molar-refractivity contribution is 0.0755. The lowest BCUT2D eigenvalue weighted by Crippen LogP contribution is -2.45. The third-order valence-electron chi connectivity index (χ3n) is 7.27. The van der Waals surface area contributed by atoms with E-state index >= 15 is 0 Å². The molecule has 10 nitrogen and oxygen atoms in total. The van der Waals surface area contributed by atoms with Crippen molar-refractivity contribution in [2.75, 3.05) is 13.1 Å². The van der Waals surface area contributed by atoms with Crippen LogP contribution in [0.4, 0.5) is 0 Å². The molecule has 3 aromatic rings. The Balaban J connectivity index is 1.81. The summed E-state index contributed by atoms with van der Waals surface area (Å²) in [4.78, 5) is 31.8. The molecule has 0 spiro atoms. The molecule has 0 radical (unpaired) electrons. The molecule has 0 aliphatic heterocycles. The standard InChI is InChI=1S/C33H46N8O2/c1-6-16-40(17-7-2)33(43)28-15-11-14-27(21-28)32(42)35-30(20-26-12-9-8-10-13-26)31(37-38-34)19-25(5)22-41-23-29(36-39-41)18-24(3)4/h8-15,21,23-25,30-31H,6-7,16-20,22H2,1-5H3,(H,35,42)/t25-,30+,31+/m1/s1. The van der Waals surface area contributed by atoms with Crippen LogP contribution in [-0.2, 0) is 19.4 Å². The van der Waals surface area contributed by atoms with E-state index in [1.54, 1.807) is 24.3 Å². The van der Waals surface area contributed by atoms with Gasteiger partial charge in [-0.05, 0) is 73.2 Å². The Morgan fingerprint density at radius 1 is 1.00 bits per heavy atom. The highest BCUT2D eigenvalue weighted by atomic mass is 16.2. The van der Waals surface area contributed by atoms with Crippen LogP contribution < -0.4 is 5.32 Å². The van der Waals surface area contributed by atoms with Crippen LogP contribution in [0.3, 0.4) is 0 Å². The van der Waals surface area contributed by atoms with Crippen LogP contribution >= 0.6 is 0 Å². The summed E-state index contributed by atoms with van der Waals surface area (Å²) in [5.74, 6) is 0.200. The van der Waals surface area contributed by atoms with Crippen molar-refractivity contribution in [3.63, 3.8) is 0 Å². The Morgan fingerprint density at radius 2 is 1.70 bits per heavy atom. The molecule has 3 atom stereocenters. The number of carbonyl (C=O) groups is 2. The molecule has 1 heterocycles. The van der Waals surface area contributed by atoms with Gasteiger partial charge in [-0.3, -0.25) is 14.3 Å². The fourth-order valence-electron chi connectivity index (χ4n) is 5.34. The van der Waals surface area contributed by atoms with E-state index in [4.69, 9.17) is 0 Å². The third kappa shape index (κ3) is 10.6. The Hall–Kier alpha value is -4.17. The summed E-state index contributed by atoms with van der Waals surface area (Å²) in [6.45, 7) is 12.4. The van der Waals surface area contributed by atoms with E-state index < -0.39 is 12.1 Å². The molecule has 1 aromatic heterocycles. The fourth-order valence-corrected chi connectivity index (χ4v) is 5.34. The molecule has 2 amide bonds. The van der Waals surface area contributed by atoms with Gasteiger partial charge in [-0.1, -0.05) is 81.3 Å². The quantitative estimate of drug-likeness (QED) is 0.110. The third-order valence-corrected chi connectivity index (χ3v) is 7.27. The lowest BCUT2D eigenvalue weighted by Gasteiger charge is -2.27. The number of azide groups is 1. The number of rotatable bonds is 17. The largest absolute Gasteiger partial charge is 0.349 e. The van der Waals surface area contributed by atoms with Gasteiger partial charge in [0.2, 0.25) is 0 Å². The highest BCUT2D eigenvalue weighted by Gasteiger charge is 2.26. The number of aromatic nitrogens is 3. The molecule has 43 heavy (non-hydrogen) atoms. The van der Waals surface area contributed by atoms with Crippen LogP contribution in [-0.4, -0.2) is 56.9 Å². The predicted octanol–water partition coefficient (Wildman–Crippen LogP) is 6.49. The molecule has 230 valence electrons. The molecule has 0 unspecified atom stereocenters. The number of nitrogens with zero attached hydrogens (tertiary/aromatic N) is 7. The van der Waals surface area contributed by atoms with E-state index in [2.05, 4.69) is 46.4 Å². The number of hydrogen-bond donors (Lipinski definition) is 1. The zero-order chi connectivity index (χ0) is 31.2. The first-order valence-electron chi connectivity index (χ1n) is 15.4. The van der Waals surface area contributed by atoms with Crippen molar-refractivity contribution in [3.8, 4) is 0 Å². The molecule has 0 aliphatic carbocycles. The van der Waals surface area contributed by atoms with Crippen molar-refractivity contribution in [1.29, 1.82) is 0 Å². The average Bonchev–Trinajstić information content (AvgIpc) is 3.42. The van der Waals surface area contributed by atoms with E-state index in [0.717, 1.165) is 30.5 Å². The van der Waals surface area contributed by atoms with Crippen LogP contribution in [0.15, 0.2) is 65.9 Å². The average molecular weight is 587 g/mol. The minimum absolute atomic E-state index is 0.0790. The van der Waals surface area contributed by atoms with Crippen molar-refractivity contribution in [2.24, 2.45) is 17.0 Å². The second-order valence-electron chi connectivity index (χ2n) is 11.8. The van der Waals surface area contributed by atoms with Crippen LogP contribution in [0.1, 0.15) is 85.9 Å². The van der Waals surface area contributed by atoms with E-state index in [1.165, 1.54) is 0 Å². The van der Waals surface area contributed by atoms with Gasteiger partial charge in [-0.15, -0.1) is 5.10 Å². The molecular formula is C33H46N8O2. The maximum absolute atomic E-state index is 13.6. The molecule has 0 bridgehead atoms. The Bertz CT molecular complexity index is 1340. The number of nitrogens with one attached hydrogen (secondary N) is 1. The predicted molar refractivity (Wildman–Crippen MR) is 170 cm³/mol. The molecule has 2 aromatic carbocycles. The Labute approximate surface area is 255 Å². The van der Waals surface area contributed by atoms with Crippen molar-refractivity contribution in [1.82, 2.24) is 25.2 Å². The Morgan fingerprint density at radius 3 is 2.35 bits per heavy atom. The highest BCUT2D eigenvalue weighted by Crippen LogP contribution is 2.20. The van der Waals surface area contributed by atoms with Crippen molar-refractivity contribution in [2.45, 2.75) is 85.4 Å². The van der Waals surface area contributed by atoms with Gasteiger partial charge >= 0.3 is 0 Å². The second-order valence-corrected chi connectivity index (χ2v) is 11.8. The molecule has 0 fully saturated rings. The Kier molecular flexibility index (Phi) is 13.2. The SMILES string of the molecule is CCCN(CCC)C(=O)c1cccc(C(=O)N[C@@H](Cc2ccccc2)[C@H](C[C@@H](C)Cn2cc(CC(C)C)nn2)N=[N+]=[N-])c1. The summed E-state index contributed by atoms with van der Waals surface area (Å²) in [5.41, 5.74) is 12.4. The van der Waals surface area contributed by atoms with Crippen molar-refractivity contribution < 1.29 is 9.59 Å². The van der Waals surface area contributed by atoms with E-state index in [0.29, 0.717) is 49.5 Å². The van der Waals surface area contributed by atoms with Gasteiger partial charge in [0.05, 0.1) is 11.7 Å². The number of carbonyl (C=O) groups excluding carboxylic acids is 2. The van der Waals surface area contributed by atoms with E-state index in [9.17, 15) is 15.1 Å². The molecule has 1 N–H and O–H groups in total. The first-order valence-corrected chi connectivity index (χ1v) is 15.4. The zero-order valence-corrected chi connectivity index (χ0v) is 26.2. The molecule has 0 aliphatic rings. The lowest BCUT2D eigenvalue weighted by atomic mass is 9.92. The molecule has 10 heteroatoms. The molecule has 0 saturated heterocycles. The van der Waals surface area contributed by atoms with Gasteiger partial charge < -0.3 is 10.2 Å². The maximum Gasteiger partial charge on any atom is 0.253 e. The summed E-state index contributed by atoms with van der Waals surface area (Å²) in [6, 6.07) is 15.7. The van der Waals surface area contributed by atoms with Crippen molar-refractivity contribution in [3.05, 3.63) is 93.6 Å². The minimum atomic E-state index is -0.503. The maximum atomic E-state index is 13.6.